The Bertz CT molecular complexity index is 1290. The number of nitrogens with zero attached hydrogens (tertiary/aromatic N) is 1. The predicted molar refractivity (Wildman–Crippen MR) is 155 cm³/mol. The van der Waals surface area contributed by atoms with E-state index in [9.17, 15) is 0 Å². The average molecular weight is 480 g/mol. The molecule has 0 bridgehead atoms. The van der Waals surface area contributed by atoms with Crippen LogP contribution < -0.4 is 10.6 Å². The minimum Gasteiger partial charge on any atom is -0.252 e. The number of hydrogen-bond acceptors (Lipinski definition) is 1. The van der Waals surface area contributed by atoms with Gasteiger partial charge in [-0.25, -0.2) is 0 Å². The van der Waals surface area contributed by atoms with Crippen LogP contribution in [0.1, 0.15) is 55.8 Å². The highest BCUT2D eigenvalue weighted by Crippen LogP contribution is 2.42. The molecule has 0 spiro atoms. The summed E-state index contributed by atoms with van der Waals surface area (Å²) < 4.78 is 0. The molecule has 0 aliphatic rings. The fourth-order valence-electron chi connectivity index (χ4n) is 5.92. The lowest BCUT2D eigenvalue weighted by Crippen LogP contribution is -2.23. The molecular formula is C33H38NP. The van der Waals surface area contributed by atoms with Gasteiger partial charge in [0, 0.05) is 17.4 Å². The van der Waals surface area contributed by atoms with Crippen molar-refractivity contribution in [3.8, 4) is 11.3 Å². The topological polar surface area (TPSA) is 12.9 Å². The summed E-state index contributed by atoms with van der Waals surface area (Å²) in [5.74, 6) is 0. The number of aryl methyl sites for hydroxylation is 9. The van der Waals surface area contributed by atoms with Gasteiger partial charge in [0.15, 0.2) is 0 Å². The van der Waals surface area contributed by atoms with Gasteiger partial charge < -0.3 is 0 Å². The molecule has 0 saturated carbocycles. The molecule has 1 heterocycles. The monoisotopic (exact) mass is 479 g/mol. The van der Waals surface area contributed by atoms with Gasteiger partial charge in [-0.2, -0.15) is 0 Å². The van der Waals surface area contributed by atoms with Crippen molar-refractivity contribution in [2.75, 3.05) is 0 Å². The van der Waals surface area contributed by atoms with E-state index in [1.165, 1.54) is 71.9 Å². The van der Waals surface area contributed by atoms with E-state index in [0.717, 1.165) is 11.9 Å². The summed E-state index contributed by atoms with van der Waals surface area (Å²) in [7, 11) is -0.600. The Morgan fingerprint density at radius 1 is 0.543 bits per heavy atom. The number of rotatable bonds is 5. The molecule has 0 aliphatic heterocycles. The first-order valence-corrected chi connectivity index (χ1v) is 14.0. The molecule has 2 heteroatoms. The van der Waals surface area contributed by atoms with Crippen molar-refractivity contribution in [3.05, 3.63) is 110 Å². The zero-order valence-corrected chi connectivity index (χ0v) is 23.7. The van der Waals surface area contributed by atoms with E-state index >= 15 is 0 Å². The minimum atomic E-state index is -0.600. The van der Waals surface area contributed by atoms with Crippen molar-refractivity contribution in [1.82, 2.24) is 4.98 Å². The van der Waals surface area contributed by atoms with Crippen LogP contribution in [0.25, 0.3) is 11.3 Å². The van der Waals surface area contributed by atoms with Crippen LogP contribution >= 0.6 is 7.92 Å². The molecule has 0 saturated heterocycles. The van der Waals surface area contributed by atoms with Crippen LogP contribution in [0.5, 0.6) is 0 Å². The van der Waals surface area contributed by atoms with E-state index in [1.807, 2.05) is 0 Å². The van der Waals surface area contributed by atoms with E-state index < -0.39 is 7.92 Å². The van der Waals surface area contributed by atoms with Crippen LogP contribution in [-0.4, -0.2) is 4.98 Å². The van der Waals surface area contributed by atoms with Crippen molar-refractivity contribution >= 4 is 18.5 Å². The van der Waals surface area contributed by atoms with Gasteiger partial charge in [-0.05, 0) is 126 Å². The standard InChI is InChI=1S/C33H38NP/c1-20-13-23(4)31(24(5)14-20)30-12-10-11-29(34-30)19-35(32-25(6)15-21(2)16-26(32)7)33-27(8)17-22(3)18-28(33)9/h10-18H,19H2,1-9H3. The van der Waals surface area contributed by atoms with Gasteiger partial charge in [-0.1, -0.05) is 59.2 Å². The fourth-order valence-corrected chi connectivity index (χ4v) is 8.92. The van der Waals surface area contributed by atoms with E-state index in [4.69, 9.17) is 4.98 Å². The molecule has 0 atom stereocenters. The van der Waals surface area contributed by atoms with Gasteiger partial charge in [0.1, 0.15) is 0 Å². The lowest BCUT2D eigenvalue weighted by molar-refractivity contribution is 1.16. The van der Waals surface area contributed by atoms with Gasteiger partial charge >= 0.3 is 0 Å². The van der Waals surface area contributed by atoms with Gasteiger partial charge in [0.05, 0.1) is 5.69 Å². The molecule has 3 aromatic carbocycles. The average Bonchev–Trinajstić information content (AvgIpc) is 2.71. The summed E-state index contributed by atoms with van der Waals surface area (Å²) >= 11 is 0. The minimum absolute atomic E-state index is 0.600. The highest BCUT2D eigenvalue weighted by atomic mass is 31.1. The SMILES string of the molecule is Cc1cc(C)c(-c2cccc(CP(c3c(C)cc(C)cc3C)c3c(C)cc(C)cc3C)n2)c(C)c1. The normalized spacial score (nSPS) is 11.4. The van der Waals surface area contributed by atoms with E-state index in [-0.39, 0.29) is 0 Å². The number of hydrogen-bond donors (Lipinski definition) is 0. The molecule has 0 unspecified atom stereocenters. The molecule has 35 heavy (non-hydrogen) atoms. The Morgan fingerprint density at radius 3 is 1.37 bits per heavy atom. The molecule has 180 valence electrons. The van der Waals surface area contributed by atoms with Gasteiger partial charge in [0.2, 0.25) is 0 Å². The summed E-state index contributed by atoms with van der Waals surface area (Å²) in [6.07, 6.45) is 0.947. The summed E-state index contributed by atoms with van der Waals surface area (Å²) in [5.41, 5.74) is 15.7. The molecule has 1 nitrogen and oxygen atoms in total. The molecule has 0 amide bonds. The van der Waals surface area contributed by atoms with Crippen LogP contribution in [0.3, 0.4) is 0 Å². The lowest BCUT2D eigenvalue weighted by atomic mass is 9.97. The van der Waals surface area contributed by atoms with Crippen LogP contribution in [0, 0.1) is 62.3 Å². The molecule has 4 aromatic rings. The van der Waals surface area contributed by atoms with Crippen LogP contribution in [0.4, 0.5) is 0 Å². The van der Waals surface area contributed by atoms with E-state index in [0.29, 0.717) is 0 Å². The second-order valence-electron chi connectivity index (χ2n) is 10.4. The summed E-state index contributed by atoms with van der Waals surface area (Å²) in [5, 5.41) is 3.02. The number of benzene rings is 3. The maximum atomic E-state index is 5.26. The molecule has 0 aliphatic carbocycles. The van der Waals surface area contributed by atoms with Crippen molar-refractivity contribution in [2.24, 2.45) is 0 Å². The Hall–Kier alpha value is -2.76. The summed E-state index contributed by atoms with van der Waals surface area (Å²) in [4.78, 5) is 5.26. The third kappa shape index (κ3) is 5.26. The van der Waals surface area contributed by atoms with Crippen molar-refractivity contribution in [3.63, 3.8) is 0 Å². The van der Waals surface area contributed by atoms with Crippen molar-refractivity contribution in [1.29, 1.82) is 0 Å². The summed E-state index contributed by atoms with van der Waals surface area (Å²) in [6.45, 7) is 20.1. The molecule has 0 radical (unpaired) electrons. The summed E-state index contributed by atoms with van der Waals surface area (Å²) in [6, 6.07) is 20.5. The Morgan fingerprint density at radius 2 is 0.943 bits per heavy atom. The van der Waals surface area contributed by atoms with Crippen LogP contribution in [0.2, 0.25) is 0 Å². The fraction of sp³-hybridized carbons (Fsp3) is 0.303. The Balaban J connectivity index is 1.87. The first kappa shape index (κ1) is 25.3. The number of aromatic nitrogens is 1. The lowest BCUT2D eigenvalue weighted by Gasteiger charge is -2.27. The number of pyridine rings is 1. The molecule has 1 aromatic heterocycles. The van der Waals surface area contributed by atoms with Gasteiger partial charge in [-0.15, -0.1) is 0 Å². The zero-order chi connectivity index (χ0) is 25.4. The van der Waals surface area contributed by atoms with E-state index in [1.54, 1.807) is 0 Å². The second kappa shape index (κ2) is 10.1. The first-order chi connectivity index (χ1) is 16.5. The van der Waals surface area contributed by atoms with Crippen LogP contribution in [-0.2, 0) is 6.16 Å². The molecular weight excluding hydrogens is 441 g/mol. The van der Waals surface area contributed by atoms with Crippen molar-refractivity contribution < 1.29 is 0 Å². The van der Waals surface area contributed by atoms with Crippen LogP contribution in [0.15, 0.2) is 54.6 Å². The highest BCUT2D eigenvalue weighted by molar-refractivity contribution is 7.72. The zero-order valence-electron chi connectivity index (χ0n) is 22.8. The molecule has 0 fully saturated rings. The van der Waals surface area contributed by atoms with Crippen molar-refractivity contribution in [2.45, 2.75) is 68.5 Å². The van der Waals surface area contributed by atoms with Gasteiger partial charge in [0.25, 0.3) is 0 Å². The highest BCUT2D eigenvalue weighted by Gasteiger charge is 2.23. The molecule has 0 N–H and O–H groups in total. The molecule has 4 rings (SSSR count). The maximum Gasteiger partial charge on any atom is 0.0710 e. The van der Waals surface area contributed by atoms with Gasteiger partial charge in [-0.3, -0.25) is 4.98 Å². The maximum absolute atomic E-state index is 5.26. The van der Waals surface area contributed by atoms with E-state index in [2.05, 4.69) is 117 Å². The third-order valence-corrected chi connectivity index (χ3v) is 10.0. The second-order valence-corrected chi connectivity index (χ2v) is 12.4. The largest absolute Gasteiger partial charge is 0.252 e. The quantitative estimate of drug-likeness (QED) is 0.263. The smallest absolute Gasteiger partial charge is 0.0710 e. The Labute approximate surface area is 213 Å². The first-order valence-electron chi connectivity index (χ1n) is 12.5. The third-order valence-electron chi connectivity index (χ3n) is 6.87. The Kier molecular flexibility index (Phi) is 7.30. The predicted octanol–water partition coefficient (Wildman–Crippen LogP) is 8.16.